The Morgan fingerprint density at radius 1 is 1.32 bits per heavy atom. The van der Waals surface area contributed by atoms with Gasteiger partial charge in [-0.05, 0) is 25.0 Å². The van der Waals surface area contributed by atoms with Gasteiger partial charge in [0.1, 0.15) is 23.7 Å². The molecule has 19 heavy (non-hydrogen) atoms. The van der Waals surface area contributed by atoms with Crippen LogP contribution in [0.3, 0.4) is 0 Å². The lowest BCUT2D eigenvalue weighted by Crippen LogP contribution is -2.12. The topological polar surface area (TPSA) is 82.7 Å². The monoisotopic (exact) mass is 259 g/mol. The largest absolute Gasteiger partial charge is 0.370 e. The number of nitrogens with one attached hydrogen (secondary N) is 3. The summed E-state index contributed by atoms with van der Waals surface area (Å²) < 4.78 is 0. The summed E-state index contributed by atoms with van der Waals surface area (Å²) in [5.74, 6) is 1.46. The molecular formula is C13H17N5O. The van der Waals surface area contributed by atoms with Crippen LogP contribution in [0.15, 0.2) is 30.9 Å². The van der Waals surface area contributed by atoms with Gasteiger partial charge in [0.05, 0.1) is 6.54 Å². The van der Waals surface area contributed by atoms with Gasteiger partial charge in [-0.1, -0.05) is 0 Å². The van der Waals surface area contributed by atoms with E-state index in [1.807, 2.05) is 18.5 Å². The summed E-state index contributed by atoms with van der Waals surface area (Å²) >= 11 is 0. The lowest BCUT2D eigenvalue weighted by atomic mass is 10.2. The van der Waals surface area contributed by atoms with Crippen LogP contribution >= 0.6 is 0 Å². The molecule has 0 amide bonds. The van der Waals surface area contributed by atoms with Crippen molar-refractivity contribution in [1.82, 2.24) is 15.0 Å². The average molecular weight is 259 g/mol. The van der Waals surface area contributed by atoms with Crippen LogP contribution in [0.5, 0.6) is 0 Å². The number of hydrogen-bond donors (Lipinski definition) is 3. The highest BCUT2D eigenvalue weighted by molar-refractivity contribution is 5.80. The summed E-state index contributed by atoms with van der Waals surface area (Å²) in [6, 6.07) is 3.83. The molecule has 0 bridgehead atoms. The van der Waals surface area contributed by atoms with E-state index in [9.17, 15) is 4.79 Å². The Hall–Kier alpha value is -2.37. The minimum atomic E-state index is 0.0700. The van der Waals surface area contributed by atoms with Crippen molar-refractivity contribution in [2.24, 2.45) is 0 Å². The van der Waals surface area contributed by atoms with Gasteiger partial charge in [-0.25, -0.2) is 9.97 Å². The molecular weight excluding hydrogens is 242 g/mol. The molecule has 0 aliphatic carbocycles. The summed E-state index contributed by atoms with van der Waals surface area (Å²) in [5, 5.41) is 6.16. The zero-order valence-corrected chi connectivity index (χ0v) is 10.8. The highest BCUT2D eigenvalue weighted by Crippen LogP contribution is 2.08. The van der Waals surface area contributed by atoms with Crippen molar-refractivity contribution in [2.45, 2.75) is 13.3 Å². The maximum absolute atomic E-state index is 10.9. The van der Waals surface area contributed by atoms with Gasteiger partial charge in [0.2, 0.25) is 0 Å². The highest BCUT2D eigenvalue weighted by Gasteiger charge is 2.00. The molecule has 2 aromatic rings. The second-order valence-electron chi connectivity index (χ2n) is 4.24. The Kier molecular flexibility index (Phi) is 4.49. The second-order valence-corrected chi connectivity index (χ2v) is 4.24. The number of rotatable bonds is 7. The van der Waals surface area contributed by atoms with E-state index in [0.29, 0.717) is 5.82 Å². The van der Waals surface area contributed by atoms with E-state index in [0.717, 1.165) is 18.8 Å². The first-order chi connectivity index (χ1) is 9.24. The second kappa shape index (κ2) is 6.53. The van der Waals surface area contributed by atoms with Gasteiger partial charge in [0.15, 0.2) is 0 Å². The minimum Gasteiger partial charge on any atom is -0.370 e. The van der Waals surface area contributed by atoms with E-state index in [2.05, 4.69) is 25.6 Å². The number of ketones is 1. The Morgan fingerprint density at radius 3 is 2.79 bits per heavy atom. The van der Waals surface area contributed by atoms with Crippen LogP contribution in [0.4, 0.5) is 11.6 Å². The van der Waals surface area contributed by atoms with Crippen molar-refractivity contribution in [3.8, 4) is 0 Å². The molecule has 0 saturated carbocycles. The van der Waals surface area contributed by atoms with Crippen LogP contribution in [-0.2, 0) is 11.2 Å². The van der Waals surface area contributed by atoms with Crippen LogP contribution in [-0.4, -0.2) is 33.8 Å². The molecule has 0 radical (unpaired) electrons. The maximum Gasteiger partial charge on any atom is 0.148 e. The number of aromatic amines is 1. The smallest absolute Gasteiger partial charge is 0.148 e. The van der Waals surface area contributed by atoms with E-state index in [1.54, 1.807) is 6.07 Å². The van der Waals surface area contributed by atoms with Crippen LogP contribution in [0.25, 0.3) is 0 Å². The number of aromatic nitrogens is 3. The lowest BCUT2D eigenvalue weighted by Gasteiger charge is -2.07. The molecule has 0 unspecified atom stereocenters. The first-order valence-corrected chi connectivity index (χ1v) is 6.15. The zero-order valence-electron chi connectivity index (χ0n) is 10.8. The fourth-order valence-corrected chi connectivity index (χ4v) is 1.61. The summed E-state index contributed by atoms with van der Waals surface area (Å²) in [6.07, 6.45) is 6.27. The molecule has 2 rings (SSSR count). The summed E-state index contributed by atoms with van der Waals surface area (Å²) in [6.45, 7) is 2.60. The number of nitrogens with zero attached hydrogens (tertiary/aromatic N) is 2. The highest BCUT2D eigenvalue weighted by atomic mass is 16.1. The van der Waals surface area contributed by atoms with Crippen LogP contribution in [0.1, 0.15) is 12.5 Å². The van der Waals surface area contributed by atoms with Gasteiger partial charge < -0.3 is 15.6 Å². The SMILES string of the molecule is CC(=O)CNc1cc(NCCc2cc[nH]c2)ncn1. The van der Waals surface area contributed by atoms with Crippen LogP contribution in [0, 0.1) is 0 Å². The van der Waals surface area contributed by atoms with Crippen molar-refractivity contribution in [3.05, 3.63) is 36.4 Å². The Balaban J connectivity index is 1.82. The molecule has 2 heterocycles. The molecule has 0 saturated heterocycles. The normalized spacial score (nSPS) is 10.2. The molecule has 3 N–H and O–H groups in total. The Morgan fingerprint density at radius 2 is 2.11 bits per heavy atom. The minimum absolute atomic E-state index is 0.0700. The third kappa shape index (κ3) is 4.42. The predicted molar refractivity (Wildman–Crippen MR) is 74.2 cm³/mol. The van der Waals surface area contributed by atoms with Gasteiger partial charge >= 0.3 is 0 Å². The molecule has 0 aromatic carbocycles. The van der Waals surface area contributed by atoms with E-state index >= 15 is 0 Å². The van der Waals surface area contributed by atoms with Gasteiger partial charge in [0, 0.05) is 25.0 Å². The summed E-state index contributed by atoms with van der Waals surface area (Å²) in [7, 11) is 0. The molecule has 6 heteroatoms. The predicted octanol–water partition coefficient (Wildman–Crippen LogP) is 1.46. The van der Waals surface area contributed by atoms with Crippen molar-refractivity contribution in [3.63, 3.8) is 0 Å². The summed E-state index contributed by atoms with van der Waals surface area (Å²) in [5.41, 5.74) is 1.25. The van der Waals surface area contributed by atoms with Crippen LogP contribution in [0.2, 0.25) is 0 Å². The first-order valence-electron chi connectivity index (χ1n) is 6.15. The quantitative estimate of drug-likeness (QED) is 0.701. The van der Waals surface area contributed by atoms with Gasteiger partial charge in [-0.15, -0.1) is 0 Å². The Labute approximate surface area is 111 Å². The third-order valence-electron chi connectivity index (χ3n) is 2.57. The number of carbonyl (C=O) groups excluding carboxylic acids is 1. The van der Waals surface area contributed by atoms with Gasteiger partial charge in [-0.2, -0.15) is 0 Å². The first kappa shape index (κ1) is 13.1. The fraction of sp³-hybridized carbons (Fsp3) is 0.308. The third-order valence-corrected chi connectivity index (χ3v) is 2.57. The molecule has 2 aromatic heterocycles. The maximum atomic E-state index is 10.9. The molecule has 0 aliphatic rings. The molecule has 0 spiro atoms. The van der Waals surface area contributed by atoms with E-state index in [4.69, 9.17) is 0 Å². The number of H-pyrrole nitrogens is 1. The van der Waals surface area contributed by atoms with Crippen LogP contribution < -0.4 is 10.6 Å². The van der Waals surface area contributed by atoms with Crippen molar-refractivity contribution < 1.29 is 4.79 Å². The average Bonchev–Trinajstić information content (AvgIpc) is 2.90. The van der Waals surface area contributed by atoms with Gasteiger partial charge in [-0.3, -0.25) is 4.79 Å². The Bertz CT molecular complexity index is 524. The van der Waals surface area contributed by atoms with E-state index in [-0.39, 0.29) is 12.3 Å². The molecule has 0 atom stereocenters. The summed E-state index contributed by atoms with van der Waals surface area (Å²) in [4.78, 5) is 22.1. The molecule has 0 fully saturated rings. The van der Waals surface area contributed by atoms with Crippen molar-refractivity contribution >= 4 is 17.4 Å². The number of hydrogen-bond acceptors (Lipinski definition) is 5. The fourth-order valence-electron chi connectivity index (χ4n) is 1.61. The molecule has 100 valence electrons. The number of Topliss-reactive ketones (excluding diaryl/α,β-unsaturated/α-hetero) is 1. The number of anilines is 2. The van der Waals surface area contributed by atoms with E-state index < -0.39 is 0 Å². The van der Waals surface area contributed by atoms with Crippen molar-refractivity contribution in [1.29, 1.82) is 0 Å². The molecule has 6 nitrogen and oxygen atoms in total. The van der Waals surface area contributed by atoms with Gasteiger partial charge in [0.25, 0.3) is 0 Å². The molecule has 0 aliphatic heterocycles. The van der Waals surface area contributed by atoms with E-state index in [1.165, 1.54) is 18.8 Å². The van der Waals surface area contributed by atoms with Crippen molar-refractivity contribution in [2.75, 3.05) is 23.7 Å². The lowest BCUT2D eigenvalue weighted by molar-refractivity contribution is -0.115. The standard InChI is InChI=1S/C13H17N5O/c1-10(19)7-16-13-6-12(17-9-18-13)15-5-3-11-2-4-14-8-11/h2,4,6,8-9,14H,3,5,7H2,1H3,(H2,15,16,17,18). The number of carbonyl (C=O) groups is 1. The zero-order chi connectivity index (χ0) is 13.5.